The van der Waals surface area contributed by atoms with E-state index in [0.29, 0.717) is 30.8 Å². The minimum absolute atomic E-state index is 0.225. The molecule has 0 radical (unpaired) electrons. The van der Waals surface area contributed by atoms with Gasteiger partial charge in [-0.25, -0.2) is 4.98 Å². The molecule has 2 rings (SSSR count). The Morgan fingerprint density at radius 3 is 3.20 bits per heavy atom. The van der Waals surface area contributed by atoms with Gasteiger partial charge < -0.3 is 15.4 Å². The summed E-state index contributed by atoms with van der Waals surface area (Å²) in [4.78, 5) is 21.8. The summed E-state index contributed by atoms with van der Waals surface area (Å²) in [7, 11) is 0. The lowest BCUT2D eigenvalue weighted by atomic mass is 9.93. The van der Waals surface area contributed by atoms with Crippen LogP contribution in [0, 0.1) is 5.92 Å². The number of rotatable bonds is 6. The zero-order valence-corrected chi connectivity index (χ0v) is 11.9. The number of nitrogens with two attached hydrogens (primary N) is 1. The molecule has 1 atom stereocenters. The fourth-order valence-corrected chi connectivity index (χ4v) is 2.54. The third-order valence-electron chi connectivity index (χ3n) is 3.51. The summed E-state index contributed by atoms with van der Waals surface area (Å²) >= 11 is 0. The Morgan fingerprint density at radius 1 is 1.60 bits per heavy atom. The van der Waals surface area contributed by atoms with Crippen molar-refractivity contribution in [1.29, 1.82) is 0 Å². The van der Waals surface area contributed by atoms with Crippen molar-refractivity contribution in [1.82, 2.24) is 9.97 Å². The number of nitrogens with zero attached hydrogens (tertiary/aromatic N) is 3. The summed E-state index contributed by atoms with van der Waals surface area (Å²) in [6, 6.07) is 1.77. The maximum Gasteiger partial charge on any atom is 0.228 e. The van der Waals surface area contributed by atoms with Crippen molar-refractivity contribution < 1.29 is 9.53 Å². The van der Waals surface area contributed by atoms with Crippen LogP contribution in [0.25, 0.3) is 0 Å². The topological polar surface area (TPSA) is 81.3 Å². The van der Waals surface area contributed by atoms with Crippen LogP contribution in [-0.2, 0) is 4.79 Å². The molecule has 1 aromatic rings. The molecule has 0 bridgehead atoms. The Labute approximate surface area is 119 Å². The number of hydrogen-bond donors (Lipinski definition) is 1. The van der Waals surface area contributed by atoms with Crippen LogP contribution >= 0.6 is 0 Å². The molecule has 6 nitrogen and oxygen atoms in total. The van der Waals surface area contributed by atoms with E-state index in [0.717, 1.165) is 32.4 Å². The fraction of sp³-hybridized carbons (Fsp3) is 0.643. The van der Waals surface area contributed by atoms with Crippen molar-refractivity contribution in [3.63, 3.8) is 0 Å². The molecule has 1 fully saturated rings. The third kappa shape index (κ3) is 4.08. The molecule has 1 saturated heterocycles. The Hall–Kier alpha value is -1.85. The van der Waals surface area contributed by atoms with Crippen LogP contribution in [0.1, 0.15) is 32.6 Å². The van der Waals surface area contributed by atoms with Crippen molar-refractivity contribution in [2.24, 2.45) is 11.7 Å². The van der Waals surface area contributed by atoms with Crippen LogP contribution in [0.2, 0.25) is 0 Å². The molecule has 0 aliphatic carbocycles. The molecule has 0 spiro atoms. The van der Waals surface area contributed by atoms with Crippen molar-refractivity contribution >= 4 is 11.9 Å². The van der Waals surface area contributed by atoms with Gasteiger partial charge in [-0.3, -0.25) is 4.79 Å². The molecule has 0 saturated carbocycles. The van der Waals surface area contributed by atoms with E-state index in [1.165, 1.54) is 0 Å². The Balaban J connectivity index is 1.97. The van der Waals surface area contributed by atoms with Crippen molar-refractivity contribution in [3.05, 3.63) is 12.3 Å². The van der Waals surface area contributed by atoms with E-state index in [1.807, 2.05) is 6.92 Å². The third-order valence-corrected chi connectivity index (χ3v) is 3.51. The van der Waals surface area contributed by atoms with Gasteiger partial charge in [0.1, 0.15) is 0 Å². The van der Waals surface area contributed by atoms with Crippen molar-refractivity contribution in [3.8, 4) is 5.88 Å². The van der Waals surface area contributed by atoms with Crippen LogP contribution in [-0.4, -0.2) is 35.6 Å². The van der Waals surface area contributed by atoms with E-state index in [9.17, 15) is 4.79 Å². The number of carbonyl (C=O) groups is 1. The van der Waals surface area contributed by atoms with Gasteiger partial charge in [0.15, 0.2) is 0 Å². The second-order valence-corrected chi connectivity index (χ2v) is 5.09. The summed E-state index contributed by atoms with van der Waals surface area (Å²) in [5, 5.41) is 0. The molecule has 1 aliphatic rings. The van der Waals surface area contributed by atoms with Gasteiger partial charge in [-0.15, -0.1) is 0 Å². The number of hydrogen-bond acceptors (Lipinski definition) is 5. The summed E-state index contributed by atoms with van der Waals surface area (Å²) < 4.78 is 5.40. The predicted octanol–water partition coefficient (Wildman–Crippen LogP) is 1.36. The van der Waals surface area contributed by atoms with Crippen molar-refractivity contribution in [2.75, 3.05) is 24.6 Å². The standard InChI is InChI=1S/C14H22N4O2/c1-2-20-13-7-8-16-14(17-13)18-9-3-4-11(10-18)5-6-12(15)19/h7-8,11H,2-6,9-10H2,1H3,(H2,15,19)/t11-/m1/s1. The first-order chi connectivity index (χ1) is 9.69. The van der Waals surface area contributed by atoms with Gasteiger partial charge in [-0.1, -0.05) is 0 Å². The fourth-order valence-electron chi connectivity index (χ4n) is 2.54. The molecule has 0 aromatic carbocycles. The van der Waals surface area contributed by atoms with E-state index in [4.69, 9.17) is 10.5 Å². The average Bonchev–Trinajstić information content (AvgIpc) is 2.46. The van der Waals surface area contributed by atoms with Crippen LogP contribution < -0.4 is 15.4 Å². The largest absolute Gasteiger partial charge is 0.478 e. The van der Waals surface area contributed by atoms with Crippen LogP contribution in [0.3, 0.4) is 0 Å². The number of aromatic nitrogens is 2. The minimum Gasteiger partial charge on any atom is -0.478 e. The van der Waals surface area contributed by atoms with E-state index >= 15 is 0 Å². The summed E-state index contributed by atoms with van der Waals surface area (Å²) in [5.74, 6) is 1.57. The highest BCUT2D eigenvalue weighted by molar-refractivity contribution is 5.73. The van der Waals surface area contributed by atoms with Crippen LogP contribution in [0.4, 0.5) is 5.95 Å². The van der Waals surface area contributed by atoms with Gasteiger partial charge in [0.05, 0.1) is 6.61 Å². The second-order valence-electron chi connectivity index (χ2n) is 5.09. The van der Waals surface area contributed by atoms with Crippen LogP contribution in [0.5, 0.6) is 5.88 Å². The molecular weight excluding hydrogens is 256 g/mol. The zero-order valence-electron chi connectivity index (χ0n) is 11.9. The van der Waals surface area contributed by atoms with Gasteiger partial charge >= 0.3 is 0 Å². The summed E-state index contributed by atoms with van der Waals surface area (Å²) in [6.45, 7) is 4.35. The van der Waals surface area contributed by atoms with E-state index in [1.54, 1.807) is 12.3 Å². The Morgan fingerprint density at radius 2 is 2.45 bits per heavy atom. The summed E-state index contributed by atoms with van der Waals surface area (Å²) in [6.07, 6.45) is 5.25. The molecule has 1 aliphatic heterocycles. The first-order valence-corrected chi connectivity index (χ1v) is 7.18. The lowest BCUT2D eigenvalue weighted by Crippen LogP contribution is -2.37. The molecule has 1 amide bonds. The molecule has 6 heteroatoms. The molecule has 2 N–H and O–H groups in total. The van der Waals surface area contributed by atoms with E-state index in [-0.39, 0.29) is 5.91 Å². The Bertz CT molecular complexity index is 453. The van der Waals surface area contributed by atoms with E-state index in [2.05, 4.69) is 14.9 Å². The number of amides is 1. The number of primary amides is 1. The molecule has 110 valence electrons. The van der Waals surface area contributed by atoms with Crippen molar-refractivity contribution in [2.45, 2.75) is 32.6 Å². The minimum atomic E-state index is -0.225. The maximum absolute atomic E-state index is 10.9. The predicted molar refractivity (Wildman–Crippen MR) is 76.6 cm³/mol. The number of piperidine rings is 1. The Kier molecular flexibility index (Phi) is 5.15. The molecule has 20 heavy (non-hydrogen) atoms. The molecular formula is C14H22N4O2. The lowest BCUT2D eigenvalue weighted by molar-refractivity contribution is -0.118. The van der Waals surface area contributed by atoms with E-state index < -0.39 is 0 Å². The smallest absolute Gasteiger partial charge is 0.228 e. The van der Waals surface area contributed by atoms with Gasteiger partial charge in [0, 0.05) is 31.8 Å². The van der Waals surface area contributed by atoms with Crippen LogP contribution in [0.15, 0.2) is 12.3 Å². The summed E-state index contributed by atoms with van der Waals surface area (Å²) in [5.41, 5.74) is 5.21. The normalized spacial score (nSPS) is 18.9. The molecule has 0 unspecified atom stereocenters. The lowest BCUT2D eigenvalue weighted by Gasteiger charge is -2.32. The monoisotopic (exact) mass is 278 g/mol. The van der Waals surface area contributed by atoms with Gasteiger partial charge in [-0.05, 0) is 32.1 Å². The quantitative estimate of drug-likeness (QED) is 0.849. The number of carbonyl (C=O) groups excluding carboxylic acids is 1. The average molecular weight is 278 g/mol. The van der Waals surface area contributed by atoms with Gasteiger partial charge in [-0.2, -0.15) is 4.98 Å². The van der Waals surface area contributed by atoms with Gasteiger partial charge in [0.25, 0.3) is 0 Å². The molecule has 1 aromatic heterocycles. The number of anilines is 1. The van der Waals surface area contributed by atoms with Gasteiger partial charge in [0.2, 0.25) is 17.7 Å². The number of ether oxygens (including phenoxy) is 1. The maximum atomic E-state index is 10.9. The highest BCUT2D eigenvalue weighted by atomic mass is 16.5. The highest BCUT2D eigenvalue weighted by Gasteiger charge is 2.22. The highest BCUT2D eigenvalue weighted by Crippen LogP contribution is 2.24. The first-order valence-electron chi connectivity index (χ1n) is 7.18. The zero-order chi connectivity index (χ0) is 14.4. The first kappa shape index (κ1) is 14.6. The molecule has 2 heterocycles. The SMILES string of the molecule is CCOc1ccnc(N2CCC[C@H](CCC(N)=O)C2)n1. The second kappa shape index (κ2) is 7.07.